The first-order chi connectivity index (χ1) is 34.8. The Morgan fingerprint density at radius 3 is 1.26 bits per heavy atom. The third-order valence-corrected chi connectivity index (χ3v) is 16.7. The zero-order valence-electron chi connectivity index (χ0n) is 37.7. The Kier molecular flexibility index (Phi) is 6.80. The highest BCUT2D eigenvalue weighted by molar-refractivity contribution is 6.25. The lowest BCUT2D eigenvalue weighted by atomic mass is 9.59. The summed E-state index contributed by atoms with van der Waals surface area (Å²) in [4.78, 5) is 9.83. The van der Waals surface area contributed by atoms with E-state index in [0.29, 0.717) is 0 Å². The molecule has 3 aliphatic rings. The highest BCUT2D eigenvalue weighted by atomic mass is 15.0. The van der Waals surface area contributed by atoms with Gasteiger partial charge in [-0.25, -0.2) is 0 Å². The molecule has 0 bridgehead atoms. The molecule has 0 N–H and O–H groups in total. The van der Waals surface area contributed by atoms with Gasteiger partial charge in [-0.15, -0.1) is 0 Å². The predicted octanol–water partition coefficient (Wildman–Crippen LogP) is 15.8. The molecule has 3 aliphatic carbocycles. The summed E-state index contributed by atoms with van der Waals surface area (Å²) >= 11 is 0. The van der Waals surface area contributed by atoms with E-state index >= 15 is 0 Å². The number of pyridine rings is 2. The van der Waals surface area contributed by atoms with Gasteiger partial charge in [-0.3, -0.25) is 9.97 Å². The number of benzene rings is 10. The van der Waals surface area contributed by atoms with Crippen LogP contribution in [-0.2, 0) is 10.8 Å². The molecule has 4 aromatic heterocycles. The van der Waals surface area contributed by atoms with E-state index < -0.39 is 10.8 Å². The fraction of sp³-hybridized carbons (Fsp3) is 0.0303. The van der Waals surface area contributed by atoms with Gasteiger partial charge < -0.3 is 9.13 Å². The molecule has 4 nitrogen and oxygen atoms in total. The van der Waals surface area contributed by atoms with Crippen LogP contribution in [0, 0.1) is 0 Å². The second-order valence-corrected chi connectivity index (χ2v) is 19.5. The maximum Gasteiger partial charge on any atom is 0.0789 e. The minimum absolute atomic E-state index is 0.559. The van der Waals surface area contributed by atoms with Crippen molar-refractivity contribution in [2.24, 2.45) is 0 Å². The molecule has 322 valence electrons. The van der Waals surface area contributed by atoms with Gasteiger partial charge in [-0.1, -0.05) is 164 Å². The summed E-state index contributed by atoms with van der Waals surface area (Å²) in [5.41, 5.74) is 18.5. The second kappa shape index (κ2) is 12.9. The molecule has 4 heterocycles. The highest BCUT2D eigenvalue weighted by Crippen LogP contribution is 2.76. The van der Waals surface area contributed by atoms with Gasteiger partial charge in [0.2, 0.25) is 0 Å². The Morgan fingerprint density at radius 1 is 0.286 bits per heavy atom. The zero-order valence-corrected chi connectivity index (χ0v) is 37.7. The van der Waals surface area contributed by atoms with Crippen molar-refractivity contribution in [3.8, 4) is 33.9 Å². The summed E-state index contributed by atoms with van der Waals surface area (Å²) in [7, 11) is 0. The molecular weight excluding hydrogens is 849 g/mol. The predicted molar refractivity (Wildman–Crippen MR) is 287 cm³/mol. The maximum atomic E-state index is 4.91. The molecule has 0 radical (unpaired) electrons. The smallest absolute Gasteiger partial charge is 0.0789 e. The second-order valence-electron chi connectivity index (χ2n) is 19.5. The van der Waals surface area contributed by atoms with E-state index in [1.165, 1.54) is 115 Å². The number of nitrogens with zero attached hydrogens (tertiary/aromatic N) is 4. The first kappa shape index (κ1) is 36.9. The minimum Gasteiger partial charge on any atom is -0.307 e. The van der Waals surface area contributed by atoms with Crippen LogP contribution in [0.2, 0.25) is 0 Å². The van der Waals surface area contributed by atoms with Crippen LogP contribution in [0.3, 0.4) is 0 Å². The summed E-state index contributed by atoms with van der Waals surface area (Å²) in [6.07, 6.45) is 3.82. The highest BCUT2D eigenvalue weighted by Gasteiger charge is 2.70. The maximum absolute atomic E-state index is 4.91. The number of aromatic nitrogens is 4. The van der Waals surface area contributed by atoms with Crippen molar-refractivity contribution in [1.29, 1.82) is 0 Å². The topological polar surface area (TPSA) is 35.6 Å². The van der Waals surface area contributed by atoms with Crippen LogP contribution in [0.4, 0.5) is 0 Å². The molecule has 0 saturated carbocycles. The average molecular weight is 887 g/mol. The van der Waals surface area contributed by atoms with Crippen LogP contribution in [0.5, 0.6) is 0 Å². The molecule has 0 saturated heterocycles. The van der Waals surface area contributed by atoms with Crippen LogP contribution in [0.1, 0.15) is 33.4 Å². The molecule has 0 unspecified atom stereocenters. The third kappa shape index (κ3) is 4.08. The lowest BCUT2D eigenvalue weighted by molar-refractivity contribution is 0.492. The summed E-state index contributed by atoms with van der Waals surface area (Å²) in [6.45, 7) is 0. The van der Waals surface area contributed by atoms with Crippen molar-refractivity contribution >= 4 is 75.9 Å². The largest absolute Gasteiger partial charge is 0.307 e. The first-order valence-corrected chi connectivity index (χ1v) is 24.3. The molecule has 4 heteroatoms. The van der Waals surface area contributed by atoms with E-state index in [4.69, 9.17) is 9.97 Å². The Morgan fingerprint density at radius 2 is 0.714 bits per heavy atom. The van der Waals surface area contributed by atoms with E-state index in [-0.39, 0.29) is 0 Å². The monoisotopic (exact) mass is 886 g/mol. The van der Waals surface area contributed by atoms with E-state index in [1.807, 2.05) is 24.5 Å². The van der Waals surface area contributed by atoms with Gasteiger partial charge in [-0.05, 0) is 115 Å². The Labute approximate surface area is 402 Å². The fourth-order valence-corrected chi connectivity index (χ4v) is 14.4. The number of hydrogen-bond donors (Lipinski definition) is 0. The summed E-state index contributed by atoms with van der Waals surface area (Å²) in [5, 5.41) is 12.7. The molecule has 70 heavy (non-hydrogen) atoms. The summed E-state index contributed by atoms with van der Waals surface area (Å²) < 4.78 is 5.08. The third-order valence-electron chi connectivity index (χ3n) is 16.7. The zero-order chi connectivity index (χ0) is 45.5. The van der Waals surface area contributed by atoms with Crippen molar-refractivity contribution in [3.05, 3.63) is 264 Å². The molecule has 0 amide bonds. The normalized spacial score (nSPS) is 17.3. The molecule has 0 fully saturated rings. The van der Waals surface area contributed by atoms with Crippen molar-refractivity contribution in [1.82, 2.24) is 19.1 Å². The van der Waals surface area contributed by atoms with Crippen molar-refractivity contribution in [2.45, 2.75) is 10.8 Å². The van der Waals surface area contributed by atoms with Crippen LogP contribution < -0.4 is 0 Å². The van der Waals surface area contributed by atoms with Gasteiger partial charge in [0.25, 0.3) is 0 Å². The minimum atomic E-state index is -0.559. The average Bonchev–Trinajstić information content (AvgIpc) is 4.17. The molecule has 14 aromatic rings. The molecule has 10 aromatic carbocycles. The van der Waals surface area contributed by atoms with Crippen molar-refractivity contribution in [2.75, 3.05) is 0 Å². The van der Waals surface area contributed by atoms with Crippen molar-refractivity contribution < 1.29 is 0 Å². The van der Waals surface area contributed by atoms with Crippen LogP contribution in [0.15, 0.2) is 231 Å². The standard InChI is InChI=1S/C66H38N4/c1-2-15-39(16-3-1)69-57-27-6-4-17-42(57)46-29-30-47-43-18-5-7-28-58(43)70(64(47)63(46)69)59-36-35-54-62-48(59)21-14-24-51(62)65-49-22-12-19-44-40(55-25-8-10-37-67-55)31-33-52(60(44)49)66(54,65)53-34-32-41(56-26-9-11-38-68-56)45-20-13-23-50(65)61(45)53/h1-38H. The number of hydrogen-bond acceptors (Lipinski definition) is 2. The van der Waals surface area contributed by atoms with Gasteiger partial charge >= 0.3 is 0 Å². The molecule has 0 atom stereocenters. The van der Waals surface area contributed by atoms with E-state index in [2.05, 4.69) is 215 Å². The quantitative estimate of drug-likeness (QED) is 0.176. The lowest BCUT2D eigenvalue weighted by Gasteiger charge is -2.40. The Balaban J connectivity index is 1.03. The Hall–Kier alpha value is -9.12. The summed E-state index contributed by atoms with van der Waals surface area (Å²) in [5.74, 6) is 0. The van der Waals surface area contributed by atoms with E-state index in [1.54, 1.807) is 0 Å². The van der Waals surface area contributed by atoms with E-state index in [0.717, 1.165) is 28.2 Å². The van der Waals surface area contributed by atoms with Gasteiger partial charge in [0, 0.05) is 56.1 Å². The fourth-order valence-electron chi connectivity index (χ4n) is 14.4. The number of fused-ring (bicyclic) bond motifs is 7. The first-order valence-electron chi connectivity index (χ1n) is 24.3. The van der Waals surface area contributed by atoms with Crippen LogP contribution >= 0.6 is 0 Å². The number of rotatable bonds is 4. The molecule has 17 rings (SSSR count). The van der Waals surface area contributed by atoms with Crippen LogP contribution in [-0.4, -0.2) is 19.1 Å². The van der Waals surface area contributed by atoms with Gasteiger partial charge in [0.15, 0.2) is 0 Å². The van der Waals surface area contributed by atoms with Crippen molar-refractivity contribution in [3.63, 3.8) is 0 Å². The van der Waals surface area contributed by atoms with E-state index in [9.17, 15) is 0 Å². The lowest BCUT2D eigenvalue weighted by Crippen LogP contribution is -2.42. The van der Waals surface area contributed by atoms with Crippen LogP contribution in [0.25, 0.3) is 110 Å². The van der Waals surface area contributed by atoms with Gasteiger partial charge in [0.05, 0.1) is 50.0 Å². The Bertz CT molecular complexity index is 4470. The summed E-state index contributed by atoms with van der Waals surface area (Å²) in [6, 6.07) is 81.9. The van der Waals surface area contributed by atoms with Gasteiger partial charge in [-0.2, -0.15) is 0 Å². The molecule has 0 aliphatic heterocycles. The molecule has 0 spiro atoms. The molecular formula is C66H38N4. The SMILES string of the molecule is c1ccc(-n2c3ccccc3c3ccc4c5ccccc5n(-c5ccc6c7c(cccc57)C57c8cccc9c(-c%10ccccn%10)ccc(c89)C65c5ccc(-c6ccccn6)c6cccc7c56)c4c32)cc1. The van der Waals surface area contributed by atoms with Gasteiger partial charge in [0.1, 0.15) is 0 Å². The number of para-hydroxylation sites is 3.